The minimum absolute atomic E-state index is 0.527. The molecular weight excluding hydrogens is 288 g/mol. The average molecular weight is 308 g/mol. The van der Waals surface area contributed by atoms with Crippen LogP contribution in [0.4, 0.5) is 0 Å². The molecule has 2 aromatic rings. The minimum Gasteiger partial charge on any atom is -0.294 e. The van der Waals surface area contributed by atoms with Crippen LogP contribution in [0.5, 0.6) is 0 Å². The summed E-state index contributed by atoms with van der Waals surface area (Å²) in [5, 5.41) is 8.45. The summed E-state index contributed by atoms with van der Waals surface area (Å²) in [6, 6.07) is 16.8. The first-order valence-electron chi connectivity index (χ1n) is 7.75. The highest BCUT2D eigenvalue weighted by Gasteiger charge is 2.15. The molecule has 0 unspecified atom stereocenters. The Labute approximate surface area is 136 Å². The lowest BCUT2D eigenvalue weighted by atomic mass is 9.99. The summed E-state index contributed by atoms with van der Waals surface area (Å²) in [7, 11) is 0. The van der Waals surface area contributed by atoms with Gasteiger partial charge < -0.3 is 0 Å². The van der Waals surface area contributed by atoms with Crippen LogP contribution in [-0.2, 0) is 24.3 Å². The van der Waals surface area contributed by atoms with E-state index in [1.165, 1.54) is 22.8 Å². The molecule has 1 amide bonds. The second-order valence-corrected chi connectivity index (χ2v) is 5.78. The van der Waals surface area contributed by atoms with Crippen molar-refractivity contribution in [1.82, 2.24) is 10.4 Å². The highest BCUT2D eigenvalue weighted by molar-refractivity contribution is 5.90. The van der Waals surface area contributed by atoms with Crippen molar-refractivity contribution in [3.8, 4) is 0 Å². The van der Waals surface area contributed by atoms with Gasteiger partial charge in [0, 0.05) is 25.7 Å². The molecule has 1 aliphatic rings. The van der Waals surface area contributed by atoms with E-state index in [1.807, 2.05) is 12.1 Å². The molecule has 1 heterocycles. The number of benzene rings is 2. The number of carbonyl (C=O) groups is 1. The molecule has 0 atom stereocenters. The van der Waals surface area contributed by atoms with Crippen LogP contribution in [0.2, 0.25) is 0 Å². The maximum absolute atomic E-state index is 11.0. The van der Waals surface area contributed by atoms with Gasteiger partial charge in [0.15, 0.2) is 0 Å². The zero-order valence-corrected chi connectivity index (χ0v) is 12.9. The van der Waals surface area contributed by atoms with Crippen molar-refractivity contribution in [2.24, 2.45) is 0 Å². The monoisotopic (exact) mass is 308 g/mol. The normalized spacial score (nSPS) is 14.7. The molecule has 1 aliphatic heterocycles. The first-order chi connectivity index (χ1) is 11.2. The Morgan fingerprint density at radius 2 is 1.87 bits per heavy atom. The van der Waals surface area contributed by atoms with Crippen molar-refractivity contribution >= 4 is 12.0 Å². The van der Waals surface area contributed by atoms with E-state index in [2.05, 4.69) is 41.3 Å². The third-order valence-electron chi connectivity index (χ3n) is 4.13. The predicted molar refractivity (Wildman–Crippen MR) is 89.7 cm³/mol. The zero-order chi connectivity index (χ0) is 16.1. The van der Waals surface area contributed by atoms with E-state index in [1.54, 1.807) is 11.6 Å². The highest BCUT2D eigenvalue weighted by atomic mass is 16.5. The fraction of sp³-hybridized carbons (Fsp3) is 0.211. The molecule has 0 saturated heterocycles. The maximum Gasteiger partial charge on any atom is 0.267 e. The van der Waals surface area contributed by atoms with E-state index in [0.29, 0.717) is 0 Å². The fourth-order valence-corrected chi connectivity index (χ4v) is 2.89. The van der Waals surface area contributed by atoms with Gasteiger partial charge in [0.25, 0.3) is 5.91 Å². The summed E-state index contributed by atoms with van der Waals surface area (Å²) in [5.41, 5.74) is 6.65. The van der Waals surface area contributed by atoms with Crippen molar-refractivity contribution in [3.63, 3.8) is 0 Å². The van der Waals surface area contributed by atoms with Gasteiger partial charge in [-0.3, -0.25) is 14.9 Å². The average Bonchev–Trinajstić information content (AvgIpc) is 2.60. The van der Waals surface area contributed by atoms with Gasteiger partial charge in [-0.2, -0.15) is 0 Å². The molecule has 4 nitrogen and oxygen atoms in total. The lowest BCUT2D eigenvalue weighted by molar-refractivity contribution is -0.124. The van der Waals surface area contributed by atoms with Crippen molar-refractivity contribution < 1.29 is 10.0 Å². The number of nitrogens with one attached hydrogen (secondary N) is 1. The first-order valence-corrected chi connectivity index (χ1v) is 7.75. The molecule has 2 N–H and O–H groups in total. The van der Waals surface area contributed by atoms with Gasteiger partial charge in [-0.25, -0.2) is 5.48 Å². The van der Waals surface area contributed by atoms with E-state index < -0.39 is 5.91 Å². The second-order valence-electron chi connectivity index (χ2n) is 5.78. The van der Waals surface area contributed by atoms with Crippen LogP contribution in [0, 0.1) is 0 Å². The Bertz CT molecular complexity index is 708. The van der Waals surface area contributed by atoms with Gasteiger partial charge in [-0.1, -0.05) is 48.5 Å². The molecule has 0 saturated carbocycles. The van der Waals surface area contributed by atoms with Gasteiger partial charge in [0.2, 0.25) is 0 Å². The predicted octanol–water partition coefficient (Wildman–Crippen LogP) is 2.76. The largest absolute Gasteiger partial charge is 0.294 e. The van der Waals surface area contributed by atoms with Crippen LogP contribution >= 0.6 is 0 Å². The standard InChI is InChI=1S/C19H20N2O2/c22-19(20-23)10-9-15-5-7-16(8-6-15)13-21-12-11-17-3-1-2-4-18(17)14-21/h1-10,23H,11-14H2,(H,20,22). The number of hydroxylamine groups is 1. The van der Waals surface area contributed by atoms with Crippen LogP contribution in [0.25, 0.3) is 6.08 Å². The van der Waals surface area contributed by atoms with Crippen molar-refractivity contribution in [3.05, 3.63) is 76.9 Å². The van der Waals surface area contributed by atoms with E-state index in [0.717, 1.165) is 31.6 Å². The van der Waals surface area contributed by atoms with E-state index in [4.69, 9.17) is 5.21 Å². The number of nitrogens with zero attached hydrogens (tertiary/aromatic N) is 1. The molecule has 0 aliphatic carbocycles. The van der Waals surface area contributed by atoms with Gasteiger partial charge in [-0.15, -0.1) is 0 Å². The minimum atomic E-state index is -0.527. The summed E-state index contributed by atoms with van der Waals surface area (Å²) in [6.07, 6.45) is 4.08. The lowest BCUT2D eigenvalue weighted by Gasteiger charge is -2.28. The van der Waals surface area contributed by atoms with Gasteiger partial charge >= 0.3 is 0 Å². The second kappa shape index (κ2) is 7.22. The summed E-state index contributed by atoms with van der Waals surface area (Å²) in [6.45, 7) is 3.00. The van der Waals surface area contributed by atoms with Crippen molar-refractivity contribution in [2.45, 2.75) is 19.5 Å². The van der Waals surface area contributed by atoms with Crippen LogP contribution in [0.1, 0.15) is 22.3 Å². The fourth-order valence-electron chi connectivity index (χ4n) is 2.89. The number of rotatable bonds is 4. The van der Waals surface area contributed by atoms with Gasteiger partial charge in [0.05, 0.1) is 0 Å². The molecule has 23 heavy (non-hydrogen) atoms. The Morgan fingerprint density at radius 3 is 2.61 bits per heavy atom. The Balaban J connectivity index is 1.61. The number of hydrogen-bond donors (Lipinski definition) is 2. The molecule has 118 valence electrons. The zero-order valence-electron chi connectivity index (χ0n) is 12.9. The molecule has 4 heteroatoms. The number of amides is 1. The smallest absolute Gasteiger partial charge is 0.267 e. The Morgan fingerprint density at radius 1 is 1.13 bits per heavy atom. The summed E-state index contributed by atoms with van der Waals surface area (Å²) < 4.78 is 0. The topological polar surface area (TPSA) is 52.6 Å². The molecule has 0 fully saturated rings. The third kappa shape index (κ3) is 4.06. The summed E-state index contributed by atoms with van der Waals surface area (Å²) in [4.78, 5) is 13.4. The van der Waals surface area contributed by atoms with E-state index in [9.17, 15) is 4.79 Å². The molecule has 3 rings (SSSR count). The SMILES string of the molecule is O=C(C=Cc1ccc(CN2CCc3ccccc3C2)cc1)NO. The molecule has 0 radical (unpaired) electrons. The number of hydrogen-bond acceptors (Lipinski definition) is 3. The molecule has 0 aromatic heterocycles. The van der Waals surface area contributed by atoms with E-state index in [-0.39, 0.29) is 0 Å². The van der Waals surface area contributed by atoms with Crippen LogP contribution in [0.15, 0.2) is 54.6 Å². The van der Waals surface area contributed by atoms with Gasteiger partial charge in [-0.05, 0) is 34.8 Å². The third-order valence-corrected chi connectivity index (χ3v) is 4.13. The van der Waals surface area contributed by atoms with Crippen LogP contribution in [-0.4, -0.2) is 22.6 Å². The Kier molecular flexibility index (Phi) is 4.86. The molecule has 0 bridgehead atoms. The van der Waals surface area contributed by atoms with E-state index >= 15 is 0 Å². The highest BCUT2D eigenvalue weighted by Crippen LogP contribution is 2.20. The van der Waals surface area contributed by atoms with Crippen LogP contribution < -0.4 is 5.48 Å². The van der Waals surface area contributed by atoms with Crippen molar-refractivity contribution in [1.29, 1.82) is 0 Å². The van der Waals surface area contributed by atoms with Gasteiger partial charge in [0.1, 0.15) is 0 Å². The summed E-state index contributed by atoms with van der Waals surface area (Å²) >= 11 is 0. The van der Waals surface area contributed by atoms with Crippen LogP contribution in [0.3, 0.4) is 0 Å². The molecule has 2 aromatic carbocycles. The lowest BCUT2D eigenvalue weighted by Crippen LogP contribution is -2.29. The molecular formula is C19H20N2O2. The first kappa shape index (κ1) is 15.5. The molecule has 0 spiro atoms. The van der Waals surface area contributed by atoms with Crippen molar-refractivity contribution in [2.75, 3.05) is 6.54 Å². The summed E-state index contributed by atoms with van der Waals surface area (Å²) in [5.74, 6) is -0.527. The Hall–Kier alpha value is -2.43. The maximum atomic E-state index is 11.0. The number of fused-ring (bicyclic) bond motifs is 1. The quantitative estimate of drug-likeness (QED) is 0.519. The number of carbonyl (C=O) groups excluding carboxylic acids is 1.